The van der Waals surface area contributed by atoms with E-state index in [2.05, 4.69) is 15.9 Å². The number of halogens is 2. The molecular weight excluding hydrogens is 259 g/mol. The lowest BCUT2D eigenvalue weighted by Crippen LogP contribution is -1.93. The molecule has 1 aromatic rings. The number of allylic oxidation sites excluding steroid dienone is 1. The van der Waals surface area contributed by atoms with Crippen molar-refractivity contribution in [3.05, 3.63) is 39.6 Å². The Labute approximate surface area is 96.8 Å². The molecule has 0 spiro atoms. The molecule has 0 bridgehead atoms. The van der Waals surface area contributed by atoms with E-state index in [1.807, 2.05) is 0 Å². The smallest absolute Gasteiger partial charge is 0.130 e. The Balaban J connectivity index is 2.48. The van der Waals surface area contributed by atoms with Gasteiger partial charge in [0.15, 0.2) is 0 Å². The van der Waals surface area contributed by atoms with Crippen LogP contribution in [0.3, 0.4) is 0 Å². The Bertz CT molecular complexity index is 412. The molecule has 0 saturated carbocycles. The van der Waals surface area contributed by atoms with Crippen LogP contribution in [0.15, 0.2) is 28.2 Å². The molecule has 0 aromatic heterocycles. The van der Waals surface area contributed by atoms with Gasteiger partial charge < -0.3 is 5.11 Å². The van der Waals surface area contributed by atoms with Gasteiger partial charge in [-0.25, -0.2) is 4.39 Å². The third kappa shape index (κ3) is 2.13. The first-order valence-electron chi connectivity index (χ1n) is 4.99. The summed E-state index contributed by atoms with van der Waals surface area (Å²) in [5.41, 5.74) is 2.59. The van der Waals surface area contributed by atoms with E-state index < -0.39 is 0 Å². The summed E-state index contributed by atoms with van der Waals surface area (Å²) in [7, 11) is 0. The van der Waals surface area contributed by atoms with Gasteiger partial charge in [-0.2, -0.15) is 0 Å². The molecule has 80 valence electrons. The summed E-state index contributed by atoms with van der Waals surface area (Å²) >= 11 is 3.33. The second-order valence-electron chi connectivity index (χ2n) is 3.72. The third-order valence-electron chi connectivity index (χ3n) is 2.78. The Hall–Kier alpha value is -0.670. The summed E-state index contributed by atoms with van der Waals surface area (Å²) in [5.74, 6) is -0.207. The Morgan fingerprint density at radius 2 is 2.13 bits per heavy atom. The molecule has 1 N–H and O–H groups in total. The number of aliphatic hydroxyl groups excluding tert-OH is 1. The van der Waals surface area contributed by atoms with E-state index in [0.29, 0.717) is 5.56 Å². The Morgan fingerprint density at radius 1 is 1.33 bits per heavy atom. The number of benzene rings is 1. The average molecular weight is 271 g/mol. The SMILES string of the molecule is OCC1=C(c2cc(Br)ccc2F)CCC1. The summed E-state index contributed by atoms with van der Waals surface area (Å²) in [5, 5.41) is 9.17. The molecule has 0 heterocycles. The van der Waals surface area contributed by atoms with Gasteiger partial charge in [0.2, 0.25) is 0 Å². The van der Waals surface area contributed by atoms with Gasteiger partial charge in [0, 0.05) is 10.0 Å². The van der Waals surface area contributed by atoms with Crippen LogP contribution in [0.1, 0.15) is 24.8 Å². The first-order chi connectivity index (χ1) is 7.22. The van der Waals surface area contributed by atoms with Gasteiger partial charge in [0.25, 0.3) is 0 Å². The summed E-state index contributed by atoms with van der Waals surface area (Å²) in [6.45, 7) is 0.0429. The highest BCUT2D eigenvalue weighted by Crippen LogP contribution is 2.35. The normalized spacial score (nSPS) is 16.2. The second-order valence-corrected chi connectivity index (χ2v) is 4.63. The van der Waals surface area contributed by atoms with E-state index >= 15 is 0 Å². The molecular formula is C12H12BrFO. The maximum atomic E-state index is 13.6. The van der Waals surface area contributed by atoms with Crippen LogP contribution >= 0.6 is 15.9 Å². The molecule has 0 amide bonds. The van der Waals surface area contributed by atoms with Gasteiger partial charge in [0.1, 0.15) is 5.82 Å². The zero-order valence-corrected chi connectivity index (χ0v) is 9.85. The monoisotopic (exact) mass is 270 g/mol. The molecule has 0 radical (unpaired) electrons. The van der Waals surface area contributed by atoms with E-state index in [-0.39, 0.29) is 12.4 Å². The summed E-state index contributed by atoms with van der Waals surface area (Å²) in [6, 6.07) is 4.93. The fourth-order valence-electron chi connectivity index (χ4n) is 2.03. The zero-order chi connectivity index (χ0) is 10.8. The van der Waals surface area contributed by atoms with Gasteiger partial charge in [0.05, 0.1) is 6.61 Å². The topological polar surface area (TPSA) is 20.2 Å². The van der Waals surface area contributed by atoms with Crippen molar-refractivity contribution in [1.29, 1.82) is 0 Å². The lowest BCUT2D eigenvalue weighted by molar-refractivity contribution is 0.328. The van der Waals surface area contributed by atoms with Gasteiger partial charge in [-0.1, -0.05) is 15.9 Å². The van der Waals surface area contributed by atoms with Gasteiger partial charge in [-0.05, 0) is 48.6 Å². The molecule has 3 heteroatoms. The first kappa shape index (κ1) is 10.8. The van der Waals surface area contributed by atoms with Crippen molar-refractivity contribution < 1.29 is 9.50 Å². The third-order valence-corrected chi connectivity index (χ3v) is 3.27. The molecule has 0 fully saturated rings. The van der Waals surface area contributed by atoms with Crippen molar-refractivity contribution >= 4 is 21.5 Å². The first-order valence-corrected chi connectivity index (χ1v) is 5.79. The van der Waals surface area contributed by atoms with Crippen molar-refractivity contribution in [3.8, 4) is 0 Å². The Kier molecular flexibility index (Phi) is 3.22. The van der Waals surface area contributed by atoms with Crippen molar-refractivity contribution in [2.75, 3.05) is 6.61 Å². The second kappa shape index (κ2) is 4.45. The van der Waals surface area contributed by atoms with Crippen LogP contribution in [-0.2, 0) is 0 Å². The molecule has 1 aliphatic carbocycles. The summed E-state index contributed by atoms with van der Waals surface area (Å²) in [6.07, 6.45) is 2.76. The van der Waals surface area contributed by atoms with Crippen LogP contribution in [-0.4, -0.2) is 11.7 Å². The van der Waals surface area contributed by atoms with Gasteiger partial charge >= 0.3 is 0 Å². The predicted molar refractivity (Wildman–Crippen MR) is 62.0 cm³/mol. The van der Waals surface area contributed by atoms with Crippen molar-refractivity contribution in [2.45, 2.75) is 19.3 Å². The average Bonchev–Trinajstić information content (AvgIpc) is 2.69. The van der Waals surface area contributed by atoms with E-state index in [1.54, 1.807) is 12.1 Å². The maximum Gasteiger partial charge on any atom is 0.130 e. The minimum absolute atomic E-state index is 0.0429. The molecule has 1 nitrogen and oxygen atoms in total. The molecule has 15 heavy (non-hydrogen) atoms. The standard InChI is InChI=1S/C12H12BrFO/c13-9-4-5-12(14)11(6-9)10-3-1-2-8(10)7-15/h4-6,15H,1-3,7H2. The quantitative estimate of drug-likeness (QED) is 0.872. The number of hydrogen-bond donors (Lipinski definition) is 1. The van der Waals surface area contributed by atoms with Crippen LogP contribution < -0.4 is 0 Å². The fraction of sp³-hybridized carbons (Fsp3) is 0.333. The molecule has 1 aliphatic rings. The van der Waals surface area contributed by atoms with Crippen LogP contribution in [0.2, 0.25) is 0 Å². The highest BCUT2D eigenvalue weighted by Gasteiger charge is 2.18. The zero-order valence-electron chi connectivity index (χ0n) is 8.26. The fourth-order valence-corrected chi connectivity index (χ4v) is 2.40. The molecule has 0 saturated heterocycles. The van der Waals surface area contributed by atoms with E-state index in [1.165, 1.54) is 6.07 Å². The maximum absolute atomic E-state index is 13.6. The van der Waals surface area contributed by atoms with E-state index in [9.17, 15) is 4.39 Å². The van der Waals surface area contributed by atoms with Gasteiger partial charge in [-0.3, -0.25) is 0 Å². The number of rotatable bonds is 2. The summed E-state index contributed by atoms with van der Waals surface area (Å²) < 4.78 is 14.5. The van der Waals surface area contributed by atoms with Crippen molar-refractivity contribution in [3.63, 3.8) is 0 Å². The molecule has 0 aliphatic heterocycles. The van der Waals surface area contributed by atoms with E-state index in [0.717, 1.165) is 34.9 Å². The Morgan fingerprint density at radius 3 is 2.87 bits per heavy atom. The van der Waals surface area contributed by atoms with Crippen molar-refractivity contribution in [2.24, 2.45) is 0 Å². The van der Waals surface area contributed by atoms with Crippen LogP contribution in [0.5, 0.6) is 0 Å². The van der Waals surface area contributed by atoms with Crippen LogP contribution in [0, 0.1) is 5.82 Å². The molecule has 2 rings (SSSR count). The largest absolute Gasteiger partial charge is 0.392 e. The highest BCUT2D eigenvalue weighted by atomic mass is 79.9. The highest BCUT2D eigenvalue weighted by molar-refractivity contribution is 9.10. The molecule has 0 unspecified atom stereocenters. The van der Waals surface area contributed by atoms with Crippen LogP contribution in [0.25, 0.3) is 5.57 Å². The lowest BCUT2D eigenvalue weighted by Gasteiger charge is -2.07. The van der Waals surface area contributed by atoms with Crippen LogP contribution in [0.4, 0.5) is 4.39 Å². The predicted octanol–water partition coefficient (Wildman–Crippen LogP) is 3.52. The minimum atomic E-state index is -0.207. The lowest BCUT2D eigenvalue weighted by atomic mass is 10.0. The number of hydrogen-bond acceptors (Lipinski definition) is 1. The van der Waals surface area contributed by atoms with Gasteiger partial charge in [-0.15, -0.1) is 0 Å². The summed E-state index contributed by atoms with van der Waals surface area (Å²) in [4.78, 5) is 0. The van der Waals surface area contributed by atoms with E-state index in [4.69, 9.17) is 5.11 Å². The molecule has 1 aromatic carbocycles. The number of aliphatic hydroxyl groups is 1. The molecule has 0 atom stereocenters. The van der Waals surface area contributed by atoms with Crippen molar-refractivity contribution in [1.82, 2.24) is 0 Å². The minimum Gasteiger partial charge on any atom is -0.392 e.